The van der Waals surface area contributed by atoms with Crippen molar-refractivity contribution in [2.24, 2.45) is 0 Å². The van der Waals surface area contributed by atoms with Crippen LogP contribution in [0, 0.1) is 0 Å². The number of furan rings is 1. The monoisotopic (exact) mass is 303 g/mol. The topological polar surface area (TPSA) is 74.6 Å². The number of para-hydroxylation sites is 1. The van der Waals surface area contributed by atoms with Gasteiger partial charge in [-0.3, -0.25) is 15.0 Å². The van der Waals surface area contributed by atoms with Crippen molar-refractivity contribution in [3.63, 3.8) is 0 Å². The first-order chi connectivity index (χ1) is 10.5. The number of urea groups is 1. The summed E-state index contributed by atoms with van der Waals surface area (Å²) in [5.41, 5.74) is 0.824. The van der Waals surface area contributed by atoms with Gasteiger partial charge in [0.25, 0.3) is 0 Å². The molecule has 0 fully saturated rings. The third-order valence-electron chi connectivity index (χ3n) is 3.50. The lowest BCUT2D eigenvalue weighted by atomic mass is 10.2. The van der Waals surface area contributed by atoms with E-state index in [9.17, 15) is 9.59 Å². The number of rotatable bonds is 5. The van der Waals surface area contributed by atoms with E-state index in [4.69, 9.17) is 4.42 Å². The largest absolute Gasteiger partial charge is 0.459 e. The molecule has 1 aromatic heterocycles. The van der Waals surface area contributed by atoms with Crippen LogP contribution in [0.2, 0.25) is 0 Å². The smallest absolute Gasteiger partial charge is 0.321 e. The summed E-state index contributed by atoms with van der Waals surface area (Å²) in [6.45, 7) is 4.33. The normalized spacial score (nSPS) is 12.4. The Bertz CT molecular complexity index is 632. The molecule has 0 aliphatic heterocycles. The summed E-state index contributed by atoms with van der Waals surface area (Å²) in [6.07, 6.45) is 0. The zero-order chi connectivity index (χ0) is 16.1. The van der Waals surface area contributed by atoms with Gasteiger partial charge in [0.1, 0.15) is 11.3 Å². The molecular formula is C16H21N3O3. The van der Waals surface area contributed by atoms with E-state index in [0.29, 0.717) is 6.54 Å². The fraction of sp³-hybridized carbons (Fsp3) is 0.375. The van der Waals surface area contributed by atoms with Crippen LogP contribution in [-0.2, 0) is 4.79 Å². The Balaban J connectivity index is 1.98. The zero-order valence-electron chi connectivity index (χ0n) is 13.1. The van der Waals surface area contributed by atoms with E-state index in [-0.39, 0.29) is 18.5 Å². The predicted molar refractivity (Wildman–Crippen MR) is 84.5 cm³/mol. The van der Waals surface area contributed by atoms with E-state index in [1.807, 2.05) is 49.2 Å². The Labute approximate surface area is 129 Å². The van der Waals surface area contributed by atoms with Crippen molar-refractivity contribution >= 4 is 22.9 Å². The lowest BCUT2D eigenvalue weighted by Gasteiger charge is -2.22. The number of hydrogen-bond acceptors (Lipinski definition) is 4. The molecule has 22 heavy (non-hydrogen) atoms. The summed E-state index contributed by atoms with van der Waals surface area (Å²) < 4.78 is 5.80. The van der Waals surface area contributed by atoms with Crippen molar-refractivity contribution in [2.75, 3.05) is 20.1 Å². The number of fused-ring (bicyclic) bond motifs is 1. The highest BCUT2D eigenvalue weighted by Crippen LogP contribution is 2.26. The van der Waals surface area contributed by atoms with E-state index in [1.165, 1.54) is 0 Å². The van der Waals surface area contributed by atoms with Gasteiger partial charge >= 0.3 is 6.03 Å². The van der Waals surface area contributed by atoms with Gasteiger partial charge in [0.05, 0.1) is 12.6 Å². The number of carbonyl (C=O) groups excluding carboxylic acids is 2. The molecular weight excluding hydrogens is 282 g/mol. The van der Waals surface area contributed by atoms with E-state index >= 15 is 0 Å². The minimum atomic E-state index is -0.475. The average Bonchev–Trinajstić information content (AvgIpc) is 2.90. The Morgan fingerprint density at radius 1 is 1.32 bits per heavy atom. The minimum Gasteiger partial charge on any atom is -0.459 e. The summed E-state index contributed by atoms with van der Waals surface area (Å²) in [5.74, 6) is 0.436. The van der Waals surface area contributed by atoms with Crippen LogP contribution < -0.4 is 10.6 Å². The quantitative estimate of drug-likeness (QED) is 0.888. The maximum Gasteiger partial charge on any atom is 0.321 e. The molecule has 3 amide bonds. The molecule has 0 saturated carbocycles. The second-order valence-corrected chi connectivity index (χ2v) is 5.19. The molecule has 2 rings (SSSR count). The molecule has 0 aliphatic carbocycles. The second-order valence-electron chi connectivity index (χ2n) is 5.19. The number of hydrogen-bond donors (Lipinski definition) is 2. The average molecular weight is 303 g/mol. The van der Waals surface area contributed by atoms with Gasteiger partial charge in [0, 0.05) is 11.9 Å². The Hall–Kier alpha value is -2.34. The molecule has 0 saturated heterocycles. The van der Waals surface area contributed by atoms with E-state index in [2.05, 4.69) is 10.6 Å². The highest BCUT2D eigenvalue weighted by atomic mass is 16.3. The molecule has 0 spiro atoms. The van der Waals surface area contributed by atoms with Crippen LogP contribution in [0.1, 0.15) is 25.6 Å². The minimum absolute atomic E-state index is 0.0765. The van der Waals surface area contributed by atoms with Crippen molar-refractivity contribution in [1.82, 2.24) is 15.5 Å². The maximum absolute atomic E-state index is 11.8. The second kappa shape index (κ2) is 7.09. The fourth-order valence-corrected chi connectivity index (χ4v) is 2.16. The van der Waals surface area contributed by atoms with Crippen LogP contribution in [-0.4, -0.2) is 37.0 Å². The maximum atomic E-state index is 11.8. The van der Waals surface area contributed by atoms with E-state index in [1.54, 1.807) is 6.92 Å². The third kappa shape index (κ3) is 3.85. The van der Waals surface area contributed by atoms with Gasteiger partial charge < -0.3 is 9.73 Å². The number of nitrogens with one attached hydrogen (secondary N) is 2. The van der Waals surface area contributed by atoms with Gasteiger partial charge in [-0.15, -0.1) is 0 Å². The van der Waals surface area contributed by atoms with Crippen LogP contribution in [0.3, 0.4) is 0 Å². The molecule has 1 heterocycles. The number of imide groups is 1. The van der Waals surface area contributed by atoms with Crippen molar-refractivity contribution in [3.8, 4) is 0 Å². The number of carbonyl (C=O) groups is 2. The van der Waals surface area contributed by atoms with Gasteiger partial charge in [-0.2, -0.15) is 0 Å². The van der Waals surface area contributed by atoms with Gasteiger partial charge in [-0.1, -0.05) is 18.2 Å². The summed E-state index contributed by atoms with van der Waals surface area (Å²) in [6, 6.07) is 9.19. The first-order valence-electron chi connectivity index (χ1n) is 7.27. The Morgan fingerprint density at radius 3 is 2.73 bits per heavy atom. The molecule has 6 heteroatoms. The highest BCUT2D eigenvalue weighted by molar-refractivity contribution is 5.95. The summed E-state index contributed by atoms with van der Waals surface area (Å²) in [4.78, 5) is 24.9. The van der Waals surface area contributed by atoms with Crippen LogP contribution >= 0.6 is 0 Å². The number of likely N-dealkylation sites (N-methyl/N-ethyl adjacent to an activating group) is 1. The lowest BCUT2D eigenvalue weighted by Crippen LogP contribution is -2.44. The van der Waals surface area contributed by atoms with Crippen LogP contribution in [0.25, 0.3) is 11.0 Å². The molecule has 2 aromatic rings. The van der Waals surface area contributed by atoms with Gasteiger partial charge in [0.2, 0.25) is 5.91 Å². The van der Waals surface area contributed by atoms with Gasteiger partial charge in [0.15, 0.2) is 0 Å². The molecule has 1 aromatic carbocycles. The first-order valence-corrected chi connectivity index (χ1v) is 7.27. The van der Waals surface area contributed by atoms with E-state index < -0.39 is 6.03 Å². The molecule has 2 N–H and O–H groups in total. The first kappa shape index (κ1) is 16.0. The third-order valence-corrected chi connectivity index (χ3v) is 3.50. The van der Waals surface area contributed by atoms with Crippen LogP contribution in [0.5, 0.6) is 0 Å². The standard InChI is InChI=1S/C16H21N3O3/c1-4-17-16(21)18-15(20)10-19(3)11(2)14-9-12-7-5-6-8-13(12)22-14/h5-9,11H,4,10H2,1-3H3,(H2,17,18,20,21). The molecule has 6 nitrogen and oxygen atoms in total. The number of amides is 3. The summed E-state index contributed by atoms with van der Waals surface area (Å²) in [7, 11) is 1.81. The molecule has 0 aliphatic rings. The van der Waals surface area contributed by atoms with Crippen LogP contribution in [0.4, 0.5) is 4.79 Å². The van der Waals surface area contributed by atoms with Gasteiger partial charge in [-0.25, -0.2) is 4.79 Å². The molecule has 1 unspecified atom stereocenters. The number of benzene rings is 1. The highest BCUT2D eigenvalue weighted by Gasteiger charge is 2.19. The lowest BCUT2D eigenvalue weighted by molar-refractivity contribution is -0.121. The Kier molecular flexibility index (Phi) is 5.16. The predicted octanol–water partition coefficient (Wildman–Crippen LogP) is 2.27. The summed E-state index contributed by atoms with van der Waals surface area (Å²) >= 11 is 0. The van der Waals surface area contributed by atoms with Crippen molar-refractivity contribution < 1.29 is 14.0 Å². The molecule has 118 valence electrons. The van der Waals surface area contributed by atoms with E-state index in [0.717, 1.165) is 16.7 Å². The van der Waals surface area contributed by atoms with Crippen molar-refractivity contribution in [1.29, 1.82) is 0 Å². The van der Waals surface area contributed by atoms with Gasteiger partial charge in [-0.05, 0) is 33.0 Å². The fourth-order valence-electron chi connectivity index (χ4n) is 2.16. The van der Waals surface area contributed by atoms with Crippen LogP contribution in [0.15, 0.2) is 34.7 Å². The van der Waals surface area contributed by atoms with Crippen molar-refractivity contribution in [3.05, 3.63) is 36.1 Å². The molecule has 0 bridgehead atoms. The van der Waals surface area contributed by atoms with Crippen molar-refractivity contribution in [2.45, 2.75) is 19.9 Å². The molecule has 1 atom stereocenters. The molecule has 0 radical (unpaired) electrons. The zero-order valence-corrected chi connectivity index (χ0v) is 13.1. The SMILES string of the molecule is CCNC(=O)NC(=O)CN(C)C(C)c1cc2ccccc2o1. The number of nitrogens with zero attached hydrogens (tertiary/aromatic N) is 1. The summed E-state index contributed by atoms with van der Waals surface area (Å²) in [5, 5.41) is 5.84. The Morgan fingerprint density at radius 2 is 2.05 bits per heavy atom.